The molecule has 0 spiro atoms. The fraction of sp³-hybridized carbons (Fsp3) is 1.00. The number of hydroxylamine groups is 4. The first-order chi connectivity index (χ1) is 6.68. The van der Waals surface area contributed by atoms with Crippen molar-refractivity contribution in [3.05, 3.63) is 0 Å². The van der Waals surface area contributed by atoms with Gasteiger partial charge in [0.05, 0.1) is 13.2 Å². The molecule has 0 rings (SSSR count). The molecule has 0 unspecified atom stereocenters. The van der Waals surface area contributed by atoms with E-state index in [4.69, 9.17) is 19.9 Å². The number of aliphatic hydroxyl groups excluding tert-OH is 2. The quantitative estimate of drug-likeness (QED) is 0.416. The molecule has 0 atom stereocenters. The Bertz CT molecular complexity index is 110. The third kappa shape index (κ3) is 6.28. The van der Waals surface area contributed by atoms with Gasteiger partial charge in [-0.05, 0) is 4.81 Å². The summed E-state index contributed by atoms with van der Waals surface area (Å²) in [5.41, 5.74) is 0. The molecular formula is C9H22NO4+. The Hall–Kier alpha value is -0.200. The predicted molar refractivity (Wildman–Crippen MR) is 52.0 cm³/mol. The molecule has 0 saturated heterocycles. The van der Waals surface area contributed by atoms with Gasteiger partial charge in [-0.2, -0.15) is 9.68 Å². The van der Waals surface area contributed by atoms with Crippen LogP contribution in [-0.2, 0) is 9.68 Å². The summed E-state index contributed by atoms with van der Waals surface area (Å²) in [6, 6.07) is 0. The SMILES string of the molecule is CCCC[N+](C)(OCCO)OCCO. The minimum atomic E-state index is -0.0253. The van der Waals surface area contributed by atoms with Gasteiger partial charge in [-0.3, -0.25) is 0 Å². The van der Waals surface area contributed by atoms with Gasteiger partial charge in [0.15, 0.2) is 0 Å². The monoisotopic (exact) mass is 208 g/mol. The molecular weight excluding hydrogens is 186 g/mol. The van der Waals surface area contributed by atoms with Gasteiger partial charge in [0.1, 0.15) is 26.8 Å². The smallest absolute Gasteiger partial charge is 0.142 e. The molecule has 0 aliphatic carbocycles. The summed E-state index contributed by atoms with van der Waals surface area (Å²) in [5, 5.41) is 17.3. The normalized spacial score (nSPS) is 12.0. The molecule has 0 amide bonds. The van der Waals surface area contributed by atoms with Crippen molar-refractivity contribution in [2.45, 2.75) is 19.8 Å². The van der Waals surface area contributed by atoms with Gasteiger partial charge in [-0.25, -0.2) is 0 Å². The Kier molecular flexibility index (Phi) is 8.02. The molecule has 0 aromatic rings. The van der Waals surface area contributed by atoms with E-state index in [0.717, 1.165) is 19.4 Å². The Balaban J connectivity index is 3.89. The van der Waals surface area contributed by atoms with Crippen LogP contribution in [0.1, 0.15) is 19.8 Å². The van der Waals surface area contributed by atoms with Crippen LogP contribution in [0.5, 0.6) is 0 Å². The highest BCUT2D eigenvalue weighted by molar-refractivity contribution is 4.28. The third-order valence-corrected chi connectivity index (χ3v) is 1.83. The van der Waals surface area contributed by atoms with Crippen LogP contribution in [0.3, 0.4) is 0 Å². The van der Waals surface area contributed by atoms with E-state index in [1.54, 1.807) is 7.05 Å². The minimum Gasteiger partial charge on any atom is -0.394 e. The van der Waals surface area contributed by atoms with Crippen molar-refractivity contribution in [2.24, 2.45) is 0 Å². The third-order valence-electron chi connectivity index (χ3n) is 1.83. The Morgan fingerprint density at radius 2 is 1.57 bits per heavy atom. The summed E-state index contributed by atoms with van der Waals surface area (Å²) >= 11 is 0. The minimum absolute atomic E-state index is 0.00500. The molecule has 0 heterocycles. The lowest BCUT2D eigenvalue weighted by Gasteiger charge is -2.28. The first-order valence-electron chi connectivity index (χ1n) is 5.05. The maximum absolute atomic E-state index is 8.64. The summed E-state index contributed by atoms with van der Waals surface area (Å²) in [4.78, 5) is 10.7. The number of hydrogen-bond donors (Lipinski definition) is 2. The Morgan fingerprint density at radius 1 is 1.07 bits per heavy atom. The van der Waals surface area contributed by atoms with Gasteiger partial charge in [-0.15, -0.1) is 0 Å². The summed E-state index contributed by atoms with van der Waals surface area (Å²) in [6.45, 7) is 3.24. The van der Waals surface area contributed by atoms with Crippen molar-refractivity contribution < 1.29 is 24.7 Å². The van der Waals surface area contributed by atoms with Crippen LogP contribution in [0.15, 0.2) is 0 Å². The van der Waals surface area contributed by atoms with Gasteiger partial charge < -0.3 is 10.2 Å². The van der Waals surface area contributed by atoms with Gasteiger partial charge in [-0.1, -0.05) is 13.3 Å². The maximum Gasteiger partial charge on any atom is 0.142 e. The zero-order valence-electron chi connectivity index (χ0n) is 9.11. The zero-order chi connectivity index (χ0) is 10.9. The second kappa shape index (κ2) is 8.14. The molecule has 86 valence electrons. The number of rotatable bonds is 9. The second-order valence-corrected chi connectivity index (χ2v) is 3.20. The summed E-state index contributed by atoms with van der Waals surface area (Å²) in [7, 11) is 1.78. The summed E-state index contributed by atoms with van der Waals surface area (Å²) in [6.07, 6.45) is 2.03. The van der Waals surface area contributed by atoms with E-state index >= 15 is 0 Å². The maximum atomic E-state index is 8.64. The molecule has 0 aromatic carbocycles. The van der Waals surface area contributed by atoms with Crippen LogP contribution in [0.25, 0.3) is 0 Å². The Morgan fingerprint density at radius 3 is 1.93 bits per heavy atom. The average Bonchev–Trinajstić information content (AvgIpc) is 2.21. The fourth-order valence-electron chi connectivity index (χ4n) is 1.08. The van der Waals surface area contributed by atoms with Gasteiger partial charge >= 0.3 is 0 Å². The van der Waals surface area contributed by atoms with Crippen molar-refractivity contribution in [1.29, 1.82) is 0 Å². The standard InChI is InChI=1S/C9H22NO4/c1-3-4-5-10(2,13-8-6-11)14-9-7-12/h11-12H,3-9H2,1-2H3/q+1. The van der Waals surface area contributed by atoms with Crippen LogP contribution in [-0.4, -0.2) is 55.0 Å². The predicted octanol–water partition coefficient (Wildman–Crippen LogP) is 0.0809. The molecule has 5 heteroatoms. The Labute approximate surface area is 85.4 Å². The largest absolute Gasteiger partial charge is 0.394 e. The number of quaternary nitrogens is 1. The second-order valence-electron chi connectivity index (χ2n) is 3.20. The number of hydrogen-bond acceptors (Lipinski definition) is 4. The van der Waals surface area contributed by atoms with E-state index in [1.165, 1.54) is 0 Å². The number of aliphatic hydroxyl groups is 2. The van der Waals surface area contributed by atoms with Crippen molar-refractivity contribution in [2.75, 3.05) is 40.0 Å². The molecule has 0 radical (unpaired) electrons. The molecule has 0 fully saturated rings. The van der Waals surface area contributed by atoms with E-state index in [2.05, 4.69) is 6.92 Å². The van der Waals surface area contributed by atoms with E-state index in [1.807, 2.05) is 0 Å². The number of unbranched alkanes of at least 4 members (excludes halogenated alkanes) is 1. The summed E-state index contributed by atoms with van der Waals surface area (Å²) in [5.74, 6) is 0. The topological polar surface area (TPSA) is 58.9 Å². The van der Waals surface area contributed by atoms with E-state index in [9.17, 15) is 0 Å². The molecule has 0 aliphatic rings. The molecule has 0 aliphatic heterocycles. The van der Waals surface area contributed by atoms with E-state index in [-0.39, 0.29) is 31.2 Å². The molecule has 0 bridgehead atoms. The lowest BCUT2D eigenvalue weighted by Crippen LogP contribution is -2.45. The molecule has 2 N–H and O–H groups in total. The van der Waals surface area contributed by atoms with Crippen LogP contribution < -0.4 is 0 Å². The van der Waals surface area contributed by atoms with Crippen molar-refractivity contribution >= 4 is 0 Å². The van der Waals surface area contributed by atoms with E-state index < -0.39 is 0 Å². The highest BCUT2D eigenvalue weighted by Crippen LogP contribution is 2.08. The van der Waals surface area contributed by atoms with Crippen LogP contribution in [0.4, 0.5) is 0 Å². The molecule has 5 nitrogen and oxygen atoms in total. The highest BCUT2D eigenvalue weighted by atomic mass is 17.0. The highest BCUT2D eigenvalue weighted by Gasteiger charge is 2.24. The average molecular weight is 208 g/mol. The van der Waals surface area contributed by atoms with Gasteiger partial charge in [0, 0.05) is 6.42 Å². The van der Waals surface area contributed by atoms with Crippen molar-refractivity contribution in [3.63, 3.8) is 0 Å². The van der Waals surface area contributed by atoms with Crippen molar-refractivity contribution in [1.82, 2.24) is 0 Å². The lowest BCUT2D eigenvalue weighted by molar-refractivity contribution is -1.23. The van der Waals surface area contributed by atoms with Crippen LogP contribution in [0.2, 0.25) is 0 Å². The summed E-state index contributed by atoms with van der Waals surface area (Å²) < 4.78 is 0. The zero-order valence-corrected chi connectivity index (χ0v) is 9.11. The lowest BCUT2D eigenvalue weighted by atomic mass is 10.3. The molecule has 0 aromatic heterocycles. The molecule has 14 heavy (non-hydrogen) atoms. The van der Waals surface area contributed by atoms with Crippen LogP contribution >= 0.6 is 0 Å². The first kappa shape index (κ1) is 13.8. The van der Waals surface area contributed by atoms with Gasteiger partial charge in [0.25, 0.3) is 0 Å². The van der Waals surface area contributed by atoms with E-state index in [0.29, 0.717) is 0 Å². The fourth-order valence-corrected chi connectivity index (χ4v) is 1.08. The van der Waals surface area contributed by atoms with Crippen molar-refractivity contribution in [3.8, 4) is 0 Å². The van der Waals surface area contributed by atoms with Crippen LogP contribution in [0, 0.1) is 0 Å². The molecule has 0 saturated carbocycles. The van der Waals surface area contributed by atoms with Gasteiger partial charge in [0.2, 0.25) is 0 Å². The number of nitrogens with zero attached hydrogens (tertiary/aromatic N) is 1. The first-order valence-corrected chi connectivity index (χ1v) is 5.05.